The molecule has 0 spiro atoms. The van der Waals surface area contributed by atoms with Crippen molar-refractivity contribution in [2.75, 3.05) is 26.0 Å². The van der Waals surface area contributed by atoms with E-state index in [0.29, 0.717) is 12.0 Å². The van der Waals surface area contributed by atoms with Crippen molar-refractivity contribution in [3.05, 3.63) is 28.8 Å². The molecular formula is C12H17ClN2. The molecule has 1 aromatic carbocycles. The zero-order valence-corrected chi connectivity index (χ0v) is 10.2. The Morgan fingerprint density at radius 1 is 1.40 bits per heavy atom. The van der Waals surface area contributed by atoms with Crippen molar-refractivity contribution >= 4 is 17.3 Å². The summed E-state index contributed by atoms with van der Waals surface area (Å²) in [6, 6.07) is 6.59. The van der Waals surface area contributed by atoms with E-state index in [2.05, 4.69) is 37.3 Å². The largest absolute Gasteiger partial charge is 0.383 e. The quantitative estimate of drug-likeness (QED) is 0.789. The summed E-state index contributed by atoms with van der Waals surface area (Å²) >= 11 is 6.18. The van der Waals surface area contributed by atoms with E-state index in [9.17, 15) is 0 Å². The van der Waals surface area contributed by atoms with Gasteiger partial charge in [0.15, 0.2) is 0 Å². The van der Waals surface area contributed by atoms with Gasteiger partial charge in [0.25, 0.3) is 0 Å². The van der Waals surface area contributed by atoms with Crippen molar-refractivity contribution < 1.29 is 0 Å². The van der Waals surface area contributed by atoms with Gasteiger partial charge in [-0.2, -0.15) is 0 Å². The molecule has 0 saturated heterocycles. The minimum atomic E-state index is 0.458. The van der Waals surface area contributed by atoms with Gasteiger partial charge in [-0.3, -0.25) is 0 Å². The predicted octanol–water partition coefficient (Wildman–Crippen LogP) is 3.00. The van der Waals surface area contributed by atoms with Crippen molar-refractivity contribution in [2.45, 2.75) is 13.0 Å². The minimum Gasteiger partial charge on any atom is -0.383 e. The van der Waals surface area contributed by atoms with E-state index in [0.717, 1.165) is 17.3 Å². The Bertz CT molecular complexity index is 363. The van der Waals surface area contributed by atoms with Gasteiger partial charge >= 0.3 is 0 Å². The lowest BCUT2D eigenvalue weighted by atomic mass is 9.89. The number of hydrogen-bond acceptors (Lipinski definition) is 2. The molecule has 0 radical (unpaired) electrons. The smallest absolute Gasteiger partial charge is 0.0640 e. The van der Waals surface area contributed by atoms with Gasteiger partial charge in [0.1, 0.15) is 0 Å². The number of nitrogens with zero attached hydrogens (tertiary/aromatic N) is 1. The van der Waals surface area contributed by atoms with Crippen molar-refractivity contribution in [3.8, 4) is 0 Å². The number of rotatable bonds is 1. The van der Waals surface area contributed by atoms with Crippen LogP contribution >= 0.6 is 11.6 Å². The molecule has 1 N–H and O–H groups in total. The lowest BCUT2D eigenvalue weighted by Gasteiger charge is -2.37. The lowest BCUT2D eigenvalue weighted by Crippen LogP contribution is -2.34. The van der Waals surface area contributed by atoms with Gasteiger partial charge in [-0.1, -0.05) is 30.7 Å². The summed E-state index contributed by atoms with van der Waals surface area (Å²) in [4.78, 5) is 2.26. The third-order valence-electron chi connectivity index (χ3n) is 3.06. The van der Waals surface area contributed by atoms with E-state index in [1.54, 1.807) is 0 Å². The second-order valence-corrected chi connectivity index (χ2v) is 4.88. The fourth-order valence-corrected chi connectivity index (χ4v) is 2.69. The van der Waals surface area contributed by atoms with Crippen molar-refractivity contribution in [2.24, 2.45) is 5.92 Å². The Morgan fingerprint density at radius 2 is 2.13 bits per heavy atom. The fraction of sp³-hybridized carbons (Fsp3) is 0.500. The van der Waals surface area contributed by atoms with E-state index in [1.165, 1.54) is 5.56 Å². The second kappa shape index (κ2) is 4.03. The summed E-state index contributed by atoms with van der Waals surface area (Å²) in [5.74, 6) is 0.603. The second-order valence-electron chi connectivity index (χ2n) is 4.47. The molecule has 3 heteroatoms. The number of nitrogens with one attached hydrogen (secondary N) is 1. The van der Waals surface area contributed by atoms with Crippen molar-refractivity contribution in [1.29, 1.82) is 0 Å². The molecule has 1 heterocycles. The number of anilines is 1. The highest BCUT2D eigenvalue weighted by atomic mass is 35.5. The lowest BCUT2D eigenvalue weighted by molar-refractivity contribution is 0.225. The predicted molar refractivity (Wildman–Crippen MR) is 65.5 cm³/mol. The topological polar surface area (TPSA) is 15.3 Å². The highest BCUT2D eigenvalue weighted by Gasteiger charge is 2.28. The zero-order chi connectivity index (χ0) is 11.0. The van der Waals surface area contributed by atoms with Crippen LogP contribution in [0, 0.1) is 5.92 Å². The summed E-state index contributed by atoms with van der Waals surface area (Å²) in [6.07, 6.45) is 0. The summed E-state index contributed by atoms with van der Waals surface area (Å²) in [5.41, 5.74) is 2.42. The van der Waals surface area contributed by atoms with Crippen LogP contribution in [0.15, 0.2) is 18.2 Å². The fourth-order valence-electron chi connectivity index (χ4n) is 2.44. The third kappa shape index (κ3) is 1.84. The standard InChI is InChI=1S/C12H17ClN2/c1-8-7-14-11-9(12(8)15(2)3)5-4-6-10(11)13/h4-6,8,12,14H,7H2,1-3H3. The van der Waals surface area contributed by atoms with Gasteiger partial charge in [-0.15, -0.1) is 0 Å². The first-order valence-corrected chi connectivity index (χ1v) is 5.67. The SMILES string of the molecule is CC1CNc2c(Cl)cccc2C1N(C)C. The van der Waals surface area contributed by atoms with Crippen molar-refractivity contribution in [1.82, 2.24) is 4.90 Å². The van der Waals surface area contributed by atoms with E-state index in [4.69, 9.17) is 11.6 Å². The van der Waals surface area contributed by atoms with Gasteiger partial charge in [0.2, 0.25) is 0 Å². The van der Waals surface area contributed by atoms with Crippen LogP contribution in [0.2, 0.25) is 5.02 Å². The average molecular weight is 225 g/mol. The van der Waals surface area contributed by atoms with Crippen LogP contribution in [0.4, 0.5) is 5.69 Å². The Kier molecular flexibility index (Phi) is 2.89. The Morgan fingerprint density at radius 3 is 2.80 bits per heavy atom. The molecule has 2 atom stereocenters. The number of para-hydroxylation sites is 1. The highest BCUT2D eigenvalue weighted by molar-refractivity contribution is 6.33. The molecule has 2 rings (SSSR count). The van der Waals surface area contributed by atoms with Crippen LogP contribution in [0.25, 0.3) is 0 Å². The summed E-state index contributed by atoms with van der Waals surface area (Å²) < 4.78 is 0. The summed E-state index contributed by atoms with van der Waals surface area (Å²) in [7, 11) is 4.24. The number of benzene rings is 1. The molecule has 0 amide bonds. The summed E-state index contributed by atoms with van der Waals surface area (Å²) in [5, 5.41) is 4.23. The van der Waals surface area contributed by atoms with Crippen LogP contribution in [0.1, 0.15) is 18.5 Å². The number of hydrogen-bond donors (Lipinski definition) is 1. The molecule has 1 aromatic rings. The molecule has 0 bridgehead atoms. The van der Waals surface area contributed by atoms with E-state index >= 15 is 0 Å². The normalized spacial score (nSPS) is 24.9. The molecular weight excluding hydrogens is 208 g/mol. The molecule has 15 heavy (non-hydrogen) atoms. The molecule has 1 aliphatic rings. The van der Waals surface area contributed by atoms with E-state index < -0.39 is 0 Å². The van der Waals surface area contributed by atoms with E-state index in [-0.39, 0.29) is 0 Å². The van der Waals surface area contributed by atoms with Gasteiger partial charge in [-0.05, 0) is 31.6 Å². The third-order valence-corrected chi connectivity index (χ3v) is 3.38. The molecule has 82 valence electrons. The Balaban J connectivity index is 2.48. The van der Waals surface area contributed by atoms with Crippen LogP contribution in [-0.4, -0.2) is 25.5 Å². The Hall–Kier alpha value is -0.730. The monoisotopic (exact) mass is 224 g/mol. The number of fused-ring (bicyclic) bond motifs is 1. The maximum absolute atomic E-state index is 6.18. The zero-order valence-electron chi connectivity index (χ0n) is 9.42. The van der Waals surface area contributed by atoms with Gasteiger partial charge in [0.05, 0.1) is 10.7 Å². The van der Waals surface area contributed by atoms with Crippen LogP contribution in [0.5, 0.6) is 0 Å². The first-order valence-electron chi connectivity index (χ1n) is 5.30. The molecule has 2 nitrogen and oxygen atoms in total. The Labute approximate surface area is 96.2 Å². The molecule has 0 aromatic heterocycles. The van der Waals surface area contributed by atoms with Gasteiger partial charge in [-0.25, -0.2) is 0 Å². The maximum Gasteiger partial charge on any atom is 0.0640 e. The van der Waals surface area contributed by atoms with Crippen LogP contribution in [-0.2, 0) is 0 Å². The first-order chi connectivity index (χ1) is 7.11. The van der Waals surface area contributed by atoms with Gasteiger partial charge in [0, 0.05) is 12.6 Å². The van der Waals surface area contributed by atoms with E-state index in [1.807, 2.05) is 12.1 Å². The molecule has 0 saturated carbocycles. The van der Waals surface area contributed by atoms with Crippen LogP contribution in [0.3, 0.4) is 0 Å². The van der Waals surface area contributed by atoms with Gasteiger partial charge < -0.3 is 10.2 Å². The first kappa shape index (κ1) is 10.8. The highest BCUT2D eigenvalue weighted by Crippen LogP contribution is 2.39. The molecule has 0 fully saturated rings. The average Bonchev–Trinajstić information content (AvgIpc) is 2.17. The number of halogens is 1. The maximum atomic E-state index is 6.18. The summed E-state index contributed by atoms with van der Waals surface area (Å²) in [6.45, 7) is 3.25. The molecule has 0 aliphatic carbocycles. The minimum absolute atomic E-state index is 0.458. The molecule has 2 unspecified atom stereocenters. The molecule has 1 aliphatic heterocycles. The van der Waals surface area contributed by atoms with Crippen LogP contribution < -0.4 is 5.32 Å². The van der Waals surface area contributed by atoms with Crippen molar-refractivity contribution in [3.63, 3.8) is 0 Å².